The number of pyridine rings is 1. The van der Waals surface area contributed by atoms with E-state index in [4.69, 9.17) is 9.47 Å². The van der Waals surface area contributed by atoms with Crippen LogP contribution in [0, 0.1) is 0 Å². The Morgan fingerprint density at radius 1 is 1.09 bits per heavy atom. The fraction of sp³-hybridized carbons (Fsp3) is 0.333. The van der Waals surface area contributed by atoms with E-state index in [-0.39, 0.29) is 29.5 Å². The van der Waals surface area contributed by atoms with Gasteiger partial charge in [0.2, 0.25) is 15.6 Å². The largest absolute Gasteiger partial charge is 0.495 e. The Morgan fingerprint density at radius 2 is 1.88 bits per heavy atom. The fourth-order valence-electron chi connectivity index (χ4n) is 4.63. The molecule has 34 heavy (non-hydrogen) atoms. The van der Waals surface area contributed by atoms with Crippen molar-refractivity contribution in [1.82, 2.24) is 9.29 Å². The molecule has 3 heterocycles. The number of aromatic amines is 1. The van der Waals surface area contributed by atoms with Gasteiger partial charge in [0.05, 0.1) is 36.5 Å². The van der Waals surface area contributed by atoms with Gasteiger partial charge in [0, 0.05) is 36.6 Å². The number of methoxy groups -OCH3 is 1. The van der Waals surface area contributed by atoms with Crippen molar-refractivity contribution < 1.29 is 22.7 Å². The van der Waals surface area contributed by atoms with E-state index in [2.05, 4.69) is 4.98 Å². The van der Waals surface area contributed by atoms with Crippen LogP contribution in [-0.2, 0) is 21.2 Å². The molecule has 5 rings (SSSR count). The summed E-state index contributed by atoms with van der Waals surface area (Å²) in [6, 6.07) is 11.3. The number of fused-ring (bicyclic) bond motifs is 2. The molecular weight excluding hydrogens is 458 g/mol. The average Bonchev–Trinajstić information content (AvgIpc) is 2.87. The summed E-state index contributed by atoms with van der Waals surface area (Å²) in [5.41, 5.74) is 1.79. The van der Waals surface area contributed by atoms with Crippen LogP contribution in [-0.4, -0.2) is 63.6 Å². The molecule has 1 amide bonds. The van der Waals surface area contributed by atoms with Gasteiger partial charge >= 0.3 is 0 Å². The van der Waals surface area contributed by atoms with Crippen molar-refractivity contribution in [3.05, 3.63) is 63.9 Å². The van der Waals surface area contributed by atoms with Crippen LogP contribution in [0.2, 0.25) is 0 Å². The highest BCUT2D eigenvalue weighted by Crippen LogP contribution is 2.37. The van der Waals surface area contributed by atoms with Crippen molar-refractivity contribution in [1.29, 1.82) is 0 Å². The van der Waals surface area contributed by atoms with Crippen molar-refractivity contribution in [2.75, 3.05) is 44.9 Å². The third kappa shape index (κ3) is 3.87. The number of hydrogen-bond donors (Lipinski definition) is 1. The molecule has 10 heteroatoms. The van der Waals surface area contributed by atoms with Crippen LogP contribution in [0.25, 0.3) is 10.9 Å². The Balaban J connectivity index is 1.63. The molecule has 1 fully saturated rings. The molecule has 0 saturated carbocycles. The molecule has 0 unspecified atom stereocenters. The first kappa shape index (κ1) is 22.6. The molecule has 0 radical (unpaired) electrons. The van der Waals surface area contributed by atoms with Crippen LogP contribution in [0.5, 0.6) is 5.75 Å². The van der Waals surface area contributed by atoms with E-state index < -0.39 is 15.6 Å². The smallest absolute Gasteiger partial charge is 0.259 e. The van der Waals surface area contributed by atoms with Gasteiger partial charge in [-0.1, -0.05) is 12.1 Å². The zero-order valence-electron chi connectivity index (χ0n) is 18.7. The van der Waals surface area contributed by atoms with Crippen LogP contribution in [0.3, 0.4) is 0 Å². The van der Waals surface area contributed by atoms with E-state index in [0.717, 1.165) is 18.4 Å². The van der Waals surface area contributed by atoms with Crippen molar-refractivity contribution in [3.8, 4) is 5.75 Å². The highest BCUT2D eigenvalue weighted by atomic mass is 32.2. The first-order valence-electron chi connectivity index (χ1n) is 11.1. The maximum absolute atomic E-state index is 13.8. The van der Waals surface area contributed by atoms with E-state index in [0.29, 0.717) is 42.1 Å². The van der Waals surface area contributed by atoms with Gasteiger partial charge in [0.1, 0.15) is 5.75 Å². The summed E-state index contributed by atoms with van der Waals surface area (Å²) in [6.45, 7) is 1.66. The van der Waals surface area contributed by atoms with Gasteiger partial charge in [-0.2, -0.15) is 4.31 Å². The molecular formula is C24H25N3O6S. The molecule has 2 aliphatic rings. The molecule has 1 aromatic heterocycles. The Morgan fingerprint density at radius 3 is 2.65 bits per heavy atom. The van der Waals surface area contributed by atoms with Crippen LogP contribution in [0.4, 0.5) is 5.69 Å². The number of morpholine rings is 1. The van der Waals surface area contributed by atoms with E-state index in [1.807, 2.05) is 12.1 Å². The van der Waals surface area contributed by atoms with E-state index in [9.17, 15) is 18.0 Å². The number of para-hydroxylation sites is 1. The quantitative estimate of drug-likeness (QED) is 0.609. The summed E-state index contributed by atoms with van der Waals surface area (Å²) in [7, 11) is -2.22. The van der Waals surface area contributed by atoms with Gasteiger partial charge in [-0.15, -0.1) is 0 Å². The van der Waals surface area contributed by atoms with Crippen LogP contribution >= 0.6 is 0 Å². The highest BCUT2D eigenvalue weighted by molar-refractivity contribution is 7.89. The van der Waals surface area contributed by atoms with Crippen LogP contribution in [0.15, 0.2) is 52.2 Å². The Kier molecular flexibility index (Phi) is 5.88. The lowest BCUT2D eigenvalue weighted by Crippen LogP contribution is -2.40. The van der Waals surface area contributed by atoms with Gasteiger partial charge in [-0.3, -0.25) is 9.59 Å². The molecule has 0 bridgehead atoms. The number of aromatic nitrogens is 1. The lowest BCUT2D eigenvalue weighted by Gasteiger charge is -2.31. The third-order valence-electron chi connectivity index (χ3n) is 6.30. The van der Waals surface area contributed by atoms with Gasteiger partial charge in [-0.25, -0.2) is 8.42 Å². The topological polar surface area (TPSA) is 109 Å². The summed E-state index contributed by atoms with van der Waals surface area (Å²) in [6.07, 6.45) is 1.58. The summed E-state index contributed by atoms with van der Waals surface area (Å²) < 4.78 is 38.6. The normalized spacial score (nSPS) is 16.9. The molecule has 1 N–H and O–H groups in total. The number of carbonyl (C=O) groups excluding carboxylic acids is 1. The van der Waals surface area contributed by atoms with Crippen LogP contribution in [0.1, 0.15) is 22.3 Å². The van der Waals surface area contributed by atoms with E-state index >= 15 is 0 Å². The number of anilines is 1. The number of rotatable bonds is 4. The van der Waals surface area contributed by atoms with Gasteiger partial charge in [0.15, 0.2) is 0 Å². The molecule has 178 valence electrons. The summed E-state index contributed by atoms with van der Waals surface area (Å²) in [4.78, 5) is 30.6. The monoisotopic (exact) mass is 483 g/mol. The van der Waals surface area contributed by atoms with Crippen molar-refractivity contribution in [2.45, 2.75) is 17.7 Å². The lowest BCUT2D eigenvalue weighted by molar-refractivity contribution is 0.0730. The fourth-order valence-corrected chi connectivity index (χ4v) is 6.07. The number of nitrogens with zero attached hydrogens (tertiary/aromatic N) is 2. The average molecular weight is 484 g/mol. The second kappa shape index (κ2) is 8.86. The highest BCUT2D eigenvalue weighted by Gasteiger charge is 2.30. The summed E-state index contributed by atoms with van der Waals surface area (Å²) in [5, 5.41) is 0.376. The Bertz CT molecular complexity index is 1410. The number of nitrogens with one attached hydrogen (secondary N) is 1. The molecule has 1 saturated heterocycles. The standard InChI is InChI=1S/C24H25N3O6S/c1-32-21-6-2-4-16-5-3-9-27(23(16)21)24(29)19-15-22(28)25-20-8-7-17(14-18(19)20)34(30,31)26-10-12-33-13-11-26/h2,4,6-8,14-15H,3,5,9-13H2,1H3,(H,25,28). The SMILES string of the molecule is COc1cccc2c1N(C(=O)c1cc(=O)[nH]c3ccc(S(=O)(=O)N4CCOCC4)cc13)CCC2. The number of benzene rings is 2. The van der Waals surface area contributed by atoms with Crippen molar-refractivity contribution in [3.63, 3.8) is 0 Å². The maximum atomic E-state index is 13.8. The van der Waals surface area contributed by atoms with E-state index in [1.54, 1.807) is 18.1 Å². The molecule has 2 aromatic carbocycles. The number of hydrogen-bond acceptors (Lipinski definition) is 6. The maximum Gasteiger partial charge on any atom is 0.259 e. The molecule has 9 nitrogen and oxygen atoms in total. The van der Waals surface area contributed by atoms with Crippen molar-refractivity contribution in [2.24, 2.45) is 0 Å². The number of carbonyl (C=O) groups is 1. The van der Waals surface area contributed by atoms with Gasteiger partial charge in [-0.05, 0) is 42.7 Å². The number of aryl methyl sites for hydroxylation is 1. The minimum atomic E-state index is -3.77. The van der Waals surface area contributed by atoms with E-state index in [1.165, 1.54) is 28.6 Å². The van der Waals surface area contributed by atoms with Crippen LogP contribution < -0.4 is 15.2 Å². The predicted molar refractivity (Wildman–Crippen MR) is 127 cm³/mol. The van der Waals surface area contributed by atoms with Crippen molar-refractivity contribution >= 4 is 32.5 Å². The second-order valence-electron chi connectivity index (χ2n) is 8.30. The number of ether oxygens (including phenoxy) is 2. The lowest BCUT2D eigenvalue weighted by atomic mass is 9.99. The molecule has 3 aromatic rings. The Labute approximate surface area is 196 Å². The first-order valence-corrected chi connectivity index (χ1v) is 12.6. The summed E-state index contributed by atoms with van der Waals surface area (Å²) in [5.74, 6) is 0.206. The molecule has 2 aliphatic heterocycles. The van der Waals surface area contributed by atoms with Gasteiger partial charge in [0.25, 0.3) is 5.91 Å². The van der Waals surface area contributed by atoms with Gasteiger partial charge < -0.3 is 19.4 Å². The minimum Gasteiger partial charge on any atom is -0.495 e. The predicted octanol–water partition coefficient (Wildman–Crippen LogP) is 2.15. The molecule has 0 spiro atoms. The summed E-state index contributed by atoms with van der Waals surface area (Å²) >= 11 is 0. The minimum absolute atomic E-state index is 0.0691. The Hall–Kier alpha value is -3.21. The first-order chi connectivity index (χ1) is 16.4. The zero-order chi connectivity index (χ0) is 23.9. The third-order valence-corrected chi connectivity index (χ3v) is 8.19. The molecule has 0 aliphatic carbocycles. The molecule has 0 atom stereocenters. The number of H-pyrrole nitrogens is 1. The number of amides is 1. The second-order valence-corrected chi connectivity index (χ2v) is 10.2. The number of sulfonamides is 1. The zero-order valence-corrected chi connectivity index (χ0v) is 19.6.